The lowest BCUT2D eigenvalue weighted by Gasteiger charge is -2.06. The summed E-state index contributed by atoms with van der Waals surface area (Å²) in [5.41, 5.74) is 1.69. The molecule has 2 heterocycles. The third-order valence-corrected chi connectivity index (χ3v) is 3.95. The van der Waals surface area contributed by atoms with Gasteiger partial charge in [0.25, 0.3) is 0 Å². The topological polar surface area (TPSA) is 90.3 Å². The number of carbonyl (C=O) groups excluding carboxylic acids is 1. The normalized spacial score (nSPS) is 13.5. The number of methoxy groups -OCH3 is 1. The summed E-state index contributed by atoms with van der Waals surface area (Å²) in [6.07, 6.45) is 5.88. The molecule has 0 spiro atoms. The Labute approximate surface area is 146 Å². The van der Waals surface area contributed by atoms with Gasteiger partial charge >= 0.3 is 6.03 Å². The Hall–Kier alpha value is -2.61. The van der Waals surface area contributed by atoms with Crippen molar-refractivity contribution < 1.29 is 14.3 Å². The number of anilines is 1. The predicted octanol–water partition coefficient (Wildman–Crippen LogP) is 2.04. The minimum Gasteiger partial charge on any atom is -0.495 e. The molecule has 0 bridgehead atoms. The number of rotatable bonds is 8. The maximum absolute atomic E-state index is 11.9. The van der Waals surface area contributed by atoms with E-state index in [1.807, 2.05) is 13.1 Å². The van der Waals surface area contributed by atoms with Crippen LogP contribution in [0, 0.1) is 5.92 Å². The zero-order chi connectivity index (χ0) is 17.6. The van der Waals surface area contributed by atoms with Crippen molar-refractivity contribution in [2.45, 2.75) is 12.8 Å². The molecule has 8 heteroatoms. The van der Waals surface area contributed by atoms with Crippen LogP contribution in [0.25, 0.3) is 11.3 Å². The number of carbonyl (C=O) groups is 1. The number of urea groups is 1. The van der Waals surface area contributed by atoms with Gasteiger partial charge in [0.15, 0.2) is 5.82 Å². The number of hydrogen-bond donors (Lipinski definition) is 2. The molecule has 0 unspecified atom stereocenters. The van der Waals surface area contributed by atoms with Crippen LogP contribution in [0.2, 0.25) is 0 Å². The summed E-state index contributed by atoms with van der Waals surface area (Å²) in [7, 11) is 3.40. The van der Waals surface area contributed by atoms with E-state index in [0.717, 1.165) is 23.8 Å². The third kappa shape index (κ3) is 4.93. The first-order chi connectivity index (χ1) is 12.2. The van der Waals surface area contributed by atoms with Crippen LogP contribution in [-0.4, -0.2) is 47.7 Å². The molecule has 1 aliphatic rings. The van der Waals surface area contributed by atoms with Gasteiger partial charge in [0.05, 0.1) is 25.6 Å². The van der Waals surface area contributed by atoms with Crippen molar-refractivity contribution in [3.63, 3.8) is 0 Å². The summed E-state index contributed by atoms with van der Waals surface area (Å²) in [5, 5.41) is 9.78. The highest BCUT2D eigenvalue weighted by Gasteiger charge is 2.20. The molecule has 2 aromatic rings. The second-order valence-electron chi connectivity index (χ2n) is 6.05. The van der Waals surface area contributed by atoms with E-state index in [1.54, 1.807) is 30.3 Å². The van der Waals surface area contributed by atoms with Crippen molar-refractivity contribution in [1.82, 2.24) is 20.1 Å². The van der Waals surface area contributed by atoms with E-state index in [9.17, 15) is 4.79 Å². The molecule has 0 saturated heterocycles. The van der Waals surface area contributed by atoms with Gasteiger partial charge in [0, 0.05) is 38.0 Å². The van der Waals surface area contributed by atoms with Crippen LogP contribution in [-0.2, 0) is 11.8 Å². The van der Waals surface area contributed by atoms with Gasteiger partial charge in [-0.1, -0.05) is 0 Å². The van der Waals surface area contributed by atoms with Crippen LogP contribution in [0.3, 0.4) is 0 Å². The molecule has 2 N–H and O–H groups in total. The van der Waals surface area contributed by atoms with Crippen LogP contribution in [0.1, 0.15) is 12.8 Å². The van der Waals surface area contributed by atoms with E-state index in [1.165, 1.54) is 12.8 Å². The molecule has 25 heavy (non-hydrogen) atoms. The first-order valence-electron chi connectivity index (χ1n) is 8.32. The van der Waals surface area contributed by atoms with Crippen LogP contribution in [0.5, 0.6) is 5.75 Å². The van der Waals surface area contributed by atoms with E-state index in [4.69, 9.17) is 9.47 Å². The quantitative estimate of drug-likeness (QED) is 0.715. The number of nitrogens with one attached hydrogen (secondary N) is 2. The van der Waals surface area contributed by atoms with E-state index >= 15 is 0 Å². The minimum atomic E-state index is -0.302. The van der Waals surface area contributed by atoms with Crippen molar-refractivity contribution in [2.75, 3.05) is 32.2 Å². The van der Waals surface area contributed by atoms with E-state index in [0.29, 0.717) is 24.7 Å². The lowest BCUT2D eigenvalue weighted by molar-refractivity contribution is 0.127. The molecule has 0 aliphatic heterocycles. The maximum atomic E-state index is 11.9. The smallest absolute Gasteiger partial charge is 0.320 e. The lowest BCUT2D eigenvalue weighted by Crippen LogP contribution is -2.31. The molecule has 1 saturated carbocycles. The summed E-state index contributed by atoms with van der Waals surface area (Å²) in [4.78, 5) is 16.1. The molecule has 134 valence electrons. The summed E-state index contributed by atoms with van der Waals surface area (Å²) in [6.45, 7) is 1.78. The van der Waals surface area contributed by atoms with Crippen LogP contribution in [0.15, 0.2) is 24.5 Å². The number of nitrogens with zero attached hydrogens (tertiary/aromatic N) is 3. The highest BCUT2D eigenvalue weighted by molar-refractivity contribution is 5.88. The van der Waals surface area contributed by atoms with Gasteiger partial charge < -0.3 is 14.8 Å². The molecule has 0 atom stereocenters. The van der Waals surface area contributed by atoms with Crippen molar-refractivity contribution in [1.29, 1.82) is 0 Å². The monoisotopic (exact) mass is 345 g/mol. The van der Waals surface area contributed by atoms with Crippen molar-refractivity contribution in [3.05, 3.63) is 24.5 Å². The molecular weight excluding hydrogens is 322 g/mol. The van der Waals surface area contributed by atoms with E-state index in [2.05, 4.69) is 20.7 Å². The molecule has 1 fully saturated rings. The number of aromatic nitrogens is 3. The molecular formula is C17H23N5O3. The molecule has 3 rings (SSSR count). The summed E-state index contributed by atoms with van der Waals surface area (Å²) in [6, 6.07) is 3.36. The van der Waals surface area contributed by atoms with Crippen LogP contribution in [0.4, 0.5) is 10.6 Å². The largest absolute Gasteiger partial charge is 0.495 e. The first kappa shape index (κ1) is 17.2. The maximum Gasteiger partial charge on any atom is 0.320 e. The van der Waals surface area contributed by atoms with Gasteiger partial charge in [0.2, 0.25) is 0 Å². The first-order valence-corrected chi connectivity index (χ1v) is 8.32. The predicted molar refractivity (Wildman–Crippen MR) is 93.6 cm³/mol. The Balaban J connectivity index is 1.51. The number of amides is 2. The second-order valence-corrected chi connectivity index (χ2v) is 6.05. The standard InChI is InChI=1S/C17H23N5O3/c1-22-15(13-7-14(24-2)10-18-9-13)8-16(21-22)20-17(23)19-5-6-25-11-12-3-4-12/h7-10,12H,3-6,11H2,1-2H3,(H2,19,20,21,23). The Morgan fingerprint density at radius 3 is 2.96 bits per heavy atom. The third-order valence-electron chi connectivity index (χ3n) is 3.95. The number of pyridine rings is 1. The lowest BCUT2D eigenvalue weighted by atomic mass is 10.2. The molecule has 0 radical (unpaired) electrons. The van der Waals surface area contributed by atoms with Gasteiger partial charge in [-0.05, 0) is 24.8 Å². The summed E-state index contributed by atoms with van der Waals surface area (Å²) in [5.74, 6) is 1.86. The highest BCUT2D eigenvalue weighted by atomic mass is 16.5. The van der Waals surface area contributed by atoms with Crippen molar-refractivity contribution in [2.24, 2.45) is 13.0 Å². The second kappa shape index (κ2) is 7.98. The Kier molecular flexibility index (Phi) is 5.49. The van der Waals surface area contributed by atoms with Gasteiger partial charge in [-0.3, -0.25) is 15.0 Å². The van der Waals surface area contributed by atoms with Gasteiger partial charge in [-0.2, -0.15) is 5.10 Å². The minimum absolute atomic E-state index is 0.302. The van der Waals surface area contributed by atoms with Crippen LogP contribution < -0.4 is 15.4 Å². The fourth-order valence-corrected chi connectivity index (χ4v) is 2.40. The van der Waals surface area contributed by atoms with E-state index in [-0.39, 0.29) is 6.03 Å². The Bertz CT molecular complexity index is 727. The number of ether oxygens (including phenoxy) is 2. The SMILES string of the molecule is COc1cncc(-c2cc(NC(=O)NCCOCC3CC3)nn2C)c1. The zero-order valence-corrected chi connectivity index (χ0v) is 14.5. The van der Waals surface area contributed by atoms with Crippen LogP contribution >= 0.6 is 0 Å². The molecule has 2 amide bonds. The number of aryl methyl sites for hydroxylation is 1. The highest BCUT2D eigenvalue weighted by Crippen LogP contribution is 2.28. The Morgan fingerprint density at radius 1 is 1.36 bits per heavy atom. The van der Waals surface area contributed by atoms with Gasteiger partial charge in [0.1, 0.15) is 5.75 Å². The van der Waals surface area contributed by atoms with E-state index < -0.39 is 0 Å². The molecule has 8 nitrogen and oxygen atoms in total. The van der Waals surface area contributed by atoms with Gasteiger partial charge in [-0.15, -0.1) is 0 Å². The summed E-state index contributed by atoms with van der Waals surface area (Å²) < 4.78 is 12.4. The zero-order valence-electron chi connectivity index (χ0n) is 14.5. The van der Waals surface area contributed by atoms with Crippen molar-refractivity contribution in [3.8, 4) is 17.0 Å². The fraction of sp³-hybridized carbons (Fsp3) is 0.471. The average Bonchev–Trinajstić information content (AvgIpc) is 3.36. The van der Waals surface area contributed by atoms with Crippen molar-refractivity contribution >= 4 is 11.8 Å². The fourth-order valence-electron chi connectivity index (χ4n) is 2.40. The summed E-state index contributed by atoms with van der Waals surface area (Å²) >= 11 is 0. The molecule has 1 aliphatic carbocycles. The molecule has 0 aromatic carbocycles. The average molecular weight is 345 g/mol. The number of hydrogen-bond acceptors (Lipinski definition) is 5. The Morgan fingerprint density at radius 2 is 2.20 bits per heavy atom. The molecule has 2 aromatic heterocycles. The van der Waals surface area contributed by atoms with Gasteiger partial charge in [-0.25, -0.2) is 4.79 Å².